The number of hydrogen-bond acceptors (Lipinski definition) is 3. The van der Waals surface area contributed by atoms with Crippen LogP contribution in [0.1, 0.15) is 52.4 Å². The van der Waals surface area contributed by atoms with Crippen LogP contribution >= 0.6 is 11.8 Å². The minimum atomic E-state index is -0.0463. The normalized spacial score (nSPS) is 10.8. The van der Waals surface area contributed by atoms with Crippen LogP contribution < -0.4 is 5.32 Å². The SMILES string of the molecule is CCCCCCC=CCC(=O)SCCNC(C)=O. The lowest BCUT2D eigenvalue weighted by atomic mass is 10.1. The van der Waals surface area contributed by atoms with Gasteiger partial charge in [-0.15, -0.1) is 0 Å². The number of amides is 1. The van der Waals surface area contributed by atoms with E-state index in [1.807, 2.05) is 6.08 Å². The fourth-order valence-corrected chi connectivity index (χ4v) is 2.08. The Morgan fingerprint density at radius 1 is 1.17 bits per heavy atom. The maximum atomic E-state index is 11.4. The van der Waals surface area contributed by atoms with Gasteiger partial charge >= 0.3 is 0 Å². The molecule has 3 nitrogen and oxygen atoms in total. The molecule has 4 heteroatoms. The summed E-state index contributed by atoms with van der Waals surface area (Å²) in [4.78, 5) is 22.0. The maximum Gasteiger partial charge on any atom is 0.216 e. The van der Waals surface area contributed by atoms with Gasteiger partial charge in [0.25, 0.3) is 0 Å². The Morgan fingerprint density at radius 3 is 2.61 bits per heavy atom. The summed E-state index contributed by atoms with van der Waals surface area (Å²) in [5.74, 6) is 0.609. The van der Waals surface area contributed by atoms with Crippen LogP contribution in [0.4, 0.5) is 0 Å². The molecule has 0 spiro atoms. The molecule has 0 fully saturated rings. The predicted molar refractivity (Wildman–Crippen MR) is 78.7 cm³/mol. The zero-order chi connectivity index (χ0) is 13.6. The molecular formula is C14H25NO2S. The van der Waals surface area contributed by atoms with Gasteiger partial charge in [-0.2, -0.15) is 0 Å². The number of thioether (sulfide) groups is 1. The minimum absolute atomic E-state index is 0.0463. The highest BCUT2D eigenvalue weighted by atomic mass is 32.2. The van der Waals surface area contributed by atoms with Crippen LogP contribution in [0, 0.1) is 0 Å². The molecule has 0 aliphatic rings. The molecule has 0 aromatic heterocycles. The summed E-state index contributed by atoms with van der Waals surface area (Å²) >= 11 is 1.29. The van der Waals surface area contributed by atoms with E-state index in [1.165, 1.54) is 44.4 Å². The van der Waals surface area contributed by atoms with Gasteiger partial charge in [0, 0.05) is 25.6 Å². The predicted octanol–water partition coefficient (Wildman–Crippen LogP) is 3.30. The molecule has 1 N–H and O–H groups in total. The first-order chi connectivity index (χ1) is 8.66. The van der Waals surface area contributed by atoms with Crippen molar-refractivity contribution in [3.63, 3.8) is 0 Å². The standard InChI is InChI=1S/C14H25NO2S/c1-3-4-5-6-7-8-9-10-14(17)18-12-11-15-13(2)16/h8-9H,3-7,10-12H2,1-2H3,(H,15,16). The van der Waals surface area contributed by atoms with Gasteiger partial charge in [-0.05, 0) is 12.8 Å². The highest BCUT2D eigenvalue weighted by molar-refractivity contribution is 8.13. The van der Waals surface area contributed by atoms with E-state index >= 15 is 0 Å². The number of rotatable bonds is 10. The van der Waals surface area contributed by atoms with Gasteiger partial charge in [0.15, 0.2) is 5.12 Å². The summed E-state index contributed by atoms with van der Waals surface area (Å²) < 4.78 is 0. The van der Waals surface area contributed by atoms with Gasteiger partial charge < -0.3 is 5.32 Å². The third kappa shape index (κ3) is 13.3. The van der Waals surface area contributed by atoms with E-state index in [9.17, 15) is 9.59 Å². The third-order valence-corrected chi connectivity index (χ3v) is 3.31. The summed E-state index contributed by atoms with van der Waals surface area (Å²) in [7, 11) is 0. The lowest BCUT2D eigenvalue weighted by Crippen LogP contribution is -2.22. The number of unbranched alkanes of at least 4 members (excludes halogenated alkanes) is 4. The zero-order valence-corrected chi connectivity index (χ0v) is 12.4. The van der Waals surface area contributed by atoms with Gasteiger partial charge in [0.1, 0.15) is 0 Å². The van der Waals surface area contributed by atoms with Crippen LogP contribution in [0.3, 0.4) is 0 Å². The summed E-state index contributed by atoms with van der Waals surface area (Å²) in [5, 5.41) is 2.84. The van der Waals surface area contributed by atoms with E-state index in [0.29, 0.717) is 18.7 Å². The number of hydrogen-bond donors (Lipinski definition) is 1. The Morgan fingerprint density at radius 2 is 1.94 bits per heavy atom. The molecular weight excluding hydrogens is 246 g/mol. The zero-order valence-electron chi connectivity index (χ0n) is 11.5. The lowest BCUT2D eigenvalue weighted by Gasteiger charge is -2.00. The molecule has 0 rings (SSSR count). The van der Waals surface area contributed by atoms with Crippen molar-refractivity contribution in [3.05, 3.63) is 12.2 Å². The molecule has 0 unspecified atom stereocenters. The molecule has 0 aliphatic carbocycles. The van der Waals surface area contributed by atoms with Crippen molar-refractivity contribution < 1.29 is 9.59 Å². The third-order valence-electron chi connectivity index (χ3n) is 2.41. The number of carbonyl (C=O) groups is 2. The van der Waals surface area contributed by atoms with Crippen molar-refractivity contribution >= 4 is 22.8 Å². The average molecular weight is 271 g/mol. The largest absolute Gasteiger partial charge is 0.356 e. The summed E-state index contributed by atoms with van der Waals surface area (Å²) in [5.41, 5.74) is 0. The highest BCUT2D eigenvalue weighted by Gasteiger charge is 1.99. The van der Waals surface area contributed by atoms with Crippen molar-refractivity contribution in [1.29, 1.82) is 0 Å². The quantitative estimate of drug-likeness (QED) is 0.490. The van der Waals surface area contributed by atoms with Crippen LogP contribution in [0.5, 0.6) is 0 Å². The van der Waals surface area contributed by atoms with E-state index in [1.54, 1.807) is 0 Å². The molecule has 0 heterocycles. The molecule has 104 valence electrons. The molecule has 0 saturated heterocycles. The van der Waals surface area contributed by atoms with Crippen LogP contribution in [0.25, 0.3) is 0 Å². The Bertz CT molecular complexity index is 265. The molecule has 0 bridgehead atoms. The molecule has 0 aromatic rings. The van der Waals surface area contributed by atoms with Crippen molar-refractivity contribution in [2.75, 3.05) is 12.3 Å². The van der Waals surface area contributed by atoms with Crippen LogP contribution in [-0.2, 0) is 9.59 Å². The number of carbonyl (C=O) groups excluding carboxylic acids is 2. The van der Waals surface area contributed by atoms with Gasteiger partial charge in [0.05, 0.1) is 0 Å². The van der Waals surface area contributed by atoms with Crippen molar-refractivity contribution in [2.24, 2.45) is 0 Å². The Labute approximate surface area is 115 Å². The molecule has 0 radical (unpaired) electrons. The molecule has 0 aliphatic heterocycles. The lowest BCUT2D eigenvalue weighted by molar-refractivity contribution is -0.118. The van der Waals surface area contributed by atoms with Gasteiger partial charge in [-0.25, -0.2) is 0 Å². The second kappa shape index (κ2) is 12.7. The first kappa shape index (κ1) is 17.2. The number of nitrogens with one attached hydrogen (secondary N) is 1. The Kier molecular flexibility index (Phi) is 12.1. The van der Waals surface area contributed by atoms with Crippen LogP contribution in [-0.4, -0.2) is 23.3 Å². The Hall–Kier alpha value is -0.770. The summed E-state index contributed by atoms with van der Waals surface area (Å²) in [6, 6.07) is 0. The van der Waals surface area contributed by atoms with Crippen molar-refractivity contribution in [2.45, 2.75) is 52.4 Å². The molecule has 0 saturated carbocycles. The fourth-order valence-electron chi connectivity index (χ4n) is 1.44. The average Bonchev–Trinajstić information content (AvgIpc) is 2.33. The fraction of sp³-hybridized carbons (Fsp3) is 0.714. The second-order valence-electron chi connectivity index (χ2n) is 4.23. The Balaban J connectivity index is 3.35. The van der Waals surface area contributed by atoms with Crippen molar-refractivity contribution in [3.8, 4) is 0 Å². The topological polar surface area (TPSA) is 46.2 Å². The van der Waals surface area contributed by atoms with Crippen molar-refractivity contribution in [1.82, 2.24) is 5.32 Å². The van der Waals surface area contributed by atoms with E-state index in [2.05, 4.69) is 18.3 Å². The van der Waals surface area contributed by atoms with Crippen LogP contribution in [0.15, 0.2) is 12.2 Å². The van der Waals surface area contributed by atoms with E-state index in [-0.39, 0.29) is 11.0 Å². The second-order valence-corrected chi connectivity index (χ2v) is 5.38. The molecule has 0 atom stereocenters. The van der Waals surface area contributed by atoms with Gasteiger partial charge in [0.2, 0.25) is 5.91 Å². The number of allylic oxidation sites excluding steroid dienone is 2. The molecule has 1 amide bonds. The van der Waals surface area contributed by atoms with E-state index in [4.69, 9.17) is 0 Å². The van der Waals surface area contributed by atoms with E-state index in [0.717, 1.165) is 6.42 Å². The highest BCUT2D eigenvalue weighted by Crippen LogP contribution is 2.07. The summed E-state index contributed by atoms with van der Waals surface area (Å²) in [6.07, 6.45) is 10.7. The maximum absolute atomic E-state index is 11.4. The van der Waals surface area contributed by atoms with Gasteiger partial charge in [-0.1, -0.05) is 50.1 Å². The smallest absolute Gasteiger partial charge is 0.216 e. The first-order valence-corrected chi connectivity index (χ1v) is 7.70. The summed E-state index contributed by atoms with van der Waals surface area (Å²) in [6.45, 7) is 4.24. The molecule has 0 aromatic carbocycles. The van der Waals surface area contributed by atoms with E-state index < -0.39 is 0 Å². The van der Waals surface area contributed by atoms with Crippen LogP contribution in [0.2, 0.25) is 0 Å². The van der Waals surface area contributed by atoms with Gasteiger partial charge in [-0.3, -0.25) is 9.59 Å². The first-order valence-electron chi connectivity index (χ1n) is 6.72. The molecule has 18 heavy (non-hydrogen) atoms. The minimum Gasteiger partial charge on any atom is -0.356 e. The monoisotopic (exact) mass is 271 g/mol.